The van der Waals surface area contributed by atoms with Crippen molar-refractivity contribution in [2.24, 2.45) is 0 Å². The first kappa shape index (κ1) is 53.6. The number of carbonyl (C=O) groups excluding carboxylic acids is 3. The maximum atomic E-state index is 12.7. The van der Waals surface area contributed by atoms with Gasteiger partial charge in [0, 0.05) is 19.3 Å². The van der Waals surface area contributed by atoms with Gasteiger partial charge in [-0.2, -0.15) is 0 Å². The molecule has 0 spiro atoms. The van der Waals surface area contributed by atoms with Crippen LogP contribution >= 0.6 is 7.82 Å². The molecule has 0 aliphatic rings. The molecule has 1 unspecified atom stereocenters. The molecule has 0 fully saturated rings. The van der Waals surface area contributed by atoms with Gasteiger partial charge in [0.1, 0.15) is 19.8 Å². The van der Waals surface area contributed by atoms with Crippen molar-refractivity contribution in [3.63, 3.8) is 0 Å². The third-order valence-electron chi connectivity index (χ3n) is 9.09. The second-order valence-corrected chi connectivity index (χ2v) is 17.2. The maximum Gasteiger partial charge on any atom is 0.472 e. The van der Waals surface area contributed by atoms with Gasteiger partial charge in [0.15, 0.2) is 11.9 Å². The summed E-state index contributed by atoms with van der Waals surface area (Å²) in [5.74, 6) is -0.726. The zero-order chi connectivity index (χ0) is 41.6. The Hall–Kier alpha value is -2.36. The molecule has 0 radical (unpaired) electrons. The average molecular weight is 811 g/mol. The van der Waals surface area contributed by atoms with Crippen molar-refractivity contribution in [3.8, 4) is 0 Å². The minimum Gasteiger partial charge on any atom is -0.462 e. The van der Waals surface area contributed by atoms with E-state index < -0.39 is 32.5 Å². The van der Waals surface area contributed by atoms with Crippen LogP contribution in [-0.4, -0.2) is 80.7 Å². The highest BCUT2D eigenvalue weighted by Gasteiger charge is 2.27. The molecule has 56 heavy (non-hydrogen) atoms. The number of unbranched alkanes of at least 4 members (excludes halogenated alkanes) is 16. The van der Waals surface area contributed by atoms with Crippen molar-refractivity contribution in [3.05, 3.63) is 48.6 Å². The van der Waals surface area contributed by atoms with Crippen molar-refractivity contribution in [1.29, 1.82) is 0 Å². The molecule has 0 bridgehead atoms. The number of allylic oxidation sites excluding steroid dienone is 8. The van der Waals surface area contributed by atoms with Crippen LogP contribution in [0.3, 0.4) is 0 Å². The predicted molar refractivity (Wildman–Crippen MR) is 229 cm³/mol. The van der Waals surface area contributed by atoms with Crippen molar-refractivity contribution >= 4 is 25.5 Å². The molecule has 0 aromatic heterocycles. The van der Waals surface area contributed by atoms with E-state index >= 15 is 0 Å². The predicted octanol–water partition coefficient (Wildman–Crippen LogP) is 11.5. The fraction of sp³-hybridized carbons (Fsp3) is 0.756. The van der Waals surface area contributed by atoms with Crippen LogP contribution < -0.4 is 0 Å². The quantitative estimate of drug-likeness (QED) is 0.0123. The molecule has 0 aromatic rings. The molecule has 0 rings (SSSR count). The standard InChI is InChI=1S/C45H80NO9P/c1-6-8-10-11-12-13-14-15-16-19-23-26-29-33-37-45(49)55-43(41-54-56(50,51)53-39-38-46(3,4)5)40-52-44(48)36-32-28-25-22-20-17-18-21-24-27-31-35-42(47)34-30-9-7-2/h17-18,22,24-25,27,31,35,43H,6-16,19-21,23,26,28-30,32-34,36-41H2,1-5H3/p+1/b18-17-,25-22-,27-24-,35-31+/t43-/m1/s1. The van der Waals surface area contributed by atoms with Crippen LogP contribution in [0.4, 0.5) is 0 Å². The number of rotatable bonds is 39. The lowest BCUT2D eigenvalue weighted by molar-refractivity contribution is -0.870. The van der Waals surface area contributed by atoms with Gasteiger partial charge in [-0.05, 0) is 44.6 Å². The summed E-state index contributed by atoms with van der Waals surface area (Å²) in [6, 6.07) is 0. The summed E-state index contributed by atoms with van der Waals surface area (Å²) in [6.07, 6.45) is 38.6. The number of quaternary nitrogens is 1. The van der Waals surface area contributed by atoms with E-state index in [0.717, 1.165) is 51.4 Å². The van der Waals surface area contributed by atoms with Gasteiger partial charge >= 0.3 is 19.8 Å². The van der Waals surface area contributed by atoms with Crippen LogP contribution in [0.5, 0.6) is 0 Å². The second kappa shape index (κ2) is 36.9. The summed E-state index contributed by atoms with van der Waals surface area (Å²) in [5.41, 5.74) is 0. The zero-order valence-electron chi connectivity index (χ0n) is 36.1. The number of phosphoric ester groups is 1. The third-order valence-corrected chi connectivity index (χ3v) is 10.1. The minimum atomic E-state index is -4.40. The molecule has 0 saturated carbocycles. The molecule has 2 atom stereocenters. The number of ether oxygens (including phenoxy) is 2. The van der Waals surface area contributed by atoms with E-state index in [-0.39, 0.29) is 31.8 Å². The first-order valence-corrected chi connectivity index (χ1v) is 23.3. The molecule has 11 heteroatoms. The smallest absolute Gasteiger partial charge is 0.462 e. The molecule has 0 aliphatic heterocycles. The fourth-order valence-corrected chi connectivity index (χ4v) is 6.35. The zero-order valence-corrected chi connectivity index (χ0v) is 37.0. The van der Waals surface area contributed by atoms with Crippen LogP contribution in [0.15, 0.2) is 48.6 Å². The number of likely N-dealkylation sites (N-methyl/N-ethyl adjacent to an activating group) is 1. The Morgan fingerprint density at radius 2 is 1.12 bits per heavy atom. The number of hydrogen-bond donors (Lipinski definition) is 1. The van der Waals surface area contributed by atoms with Crippen molar-refractivity contribution in [2.75, 3.05) is 47.5 Å². The highest BCUT2D eigenvalue weighted by Crippen LogP contribution is 2.43. The van der Waals surface area contributed by atoms with E-state index in [9.17, 15) is 23.8 Å². The summed E-state index contributed by atoms with van der Waals surface area (Å²) >= 11 is 0. The Balaban J connectivity index is 4.50. The molecule has 0 aromatic carbocycles. The largest absolute Gasteiger partial charge is 0.472 e. The topological polar surface area (TPSA) is 125 Å². The van der Waals surface area contributed by atoms with E-state index in [1.165, 1.54) is 64.2 Å². The Bertz CT molecular complexity index is 1160. The number of carbonyl (C=O) groups is 3. The number of nitrogens with zero attached hydrogens (tertiary/aromatic N) is 1. The second-order valence-electron chi connectivity index (χ2n) is 15.8. The third kappa shape index (κ3) is 39.9. The lowest BCUT2D eigenvalue weighted by Crippen LogP contribution is -2.37. The Morgan fingerprint density at radius 3 is 1.73 bits per heavy atom. The molecular weight excluding hydrogens is 729 g/mol. The fourth-order valence-electron chi connectivity index (χ4n) is 5.61. The van der Waals surface area contributed by atoms with Crippen molar-refractivity contribution in [1.82, 2.24) is 0 Å². The van der Waals surface area contributed by atoms with Crippen LogP contribution in [0, 0.1) is 0 Å². The van der Waals surface area contributed by atoms with E-state index in [1.807, 2.05) is 45.4 Å². The van der Waals surface area contributed by atoms with Crippen molar-refractivity contribution in [2.45, 2.75) is 174 Å². The summed E-state index contributed by atoms with van der Waals surface area (Å²) in [5, 5.41) is 0. The van der Waals surface area contributed by atoms with E-state index in [2.05, 4.69) is 26.0 Å². The molecule has 0 amide bonds. The number of phosphoric acid groups is 1. The molecule has 10 nitrogen and oxygen atoms in total. The van der Waals surface area contributed by atoms with Crippen LogP contribution in [0.25, 0.3) is 0 Å². The summed E-state index contributed by atoms with van der Waals surface area (Å²) < 4.78 is 34.2. The highest BCUT2D eigenvalue weighted by atomic mass is 31.2. The monoisotopic (exact) mass is 811 g/mol. The summed E-state index contributed by atoms with van der Waals surface area (Å²) in [7, 11) is 1.41. The maximum absolute atomic E-state index is 12.7. The first-order valence-electron chi connectivity index (χ1n) is 21.8. The van der Waals surface area contributed by atoms with Gasteiger partial charge in [0.05, 0.1) is 27.7 Å². The van der Waals surface area contributed by atoms with E-state index in [0.29, 0.717) is 36.7 Å². The van der Waals surface area contributed by atoms with E-state index in [4.69, 9.17) is 18.5 Å². The van der Waals surface area contributed by atoms with Gasteiger partial charge in [-0.15, -0.1) is 0 Å². The Morgan fingerprint density at radius 1 is 0.607 bits per heavy atom. The van der Waals surface area contributed by atoms with Crippen LogP contribution in [-0.2, 0) is 37.5 Å². The van der Waals surface area contributed by atoms with Gasteiger partial charge in [-0.25, -0.2) is 4.57 Å². The molecule has 0 saturated heterocycles. The Labute approximate surface area is 341 Å². The first-order chi connectivity index (χ1) is 26.9. The summed E-state index contributed by atoms with van der Waals surface area (Å²) in [6.45, 7) is 4.17. The molecule has 1 N–H and O–H groups in total. The number of ketones is 1. The lowest BCUT2D eigenvalue weighted by Gasteiger charge is -2.24. The molecule has 324 valence electrons. The Kier molecular flexibility index (Phi) is 35.4. The van der Waals surface area contributed by atoms with Crippen LogP contribution in [0.2, 0.25) is 0 Å². The lowest BCUT2D eigenvalue weighted by atomic mass is 10.0. The average Bonchev–Trinajstić information content (AvgIpc) is 3.14. The minimum absolute atomic E-state index is 0.0130. The van der Waals surface area contributed by atoms with Gasteiger partial charge in [0.25, 0.3) is 0 Å². The van der Waals surface area contributed by atoms with E-state index in [1.54, 1.807) is 12.2 Å². The molecule has 0 aliphatic carbocycles. The van der Waals surface area contributed by atoms with Gasteiger partial charge < -0.3 is 18.9 Å². The van der Waals surface area contributed by atoms with Gasteiger partial charge in [-0.3, -0.25) is 23.4 Å². The summed E-state index contributed by atoms with van der Waals surface area (Å²) in [4.78, 5) is 47.0. The SMILES string of the molecule is CCCCCCCCCCCCCCCCC(=O)O[C@H](COC(=O)CCC/C=C\C/C=C\C/C=C\C=C\C(=O)CCCCC)COP(=O)(O)OCC[N+](C)(C)C. The molecular formula is C45H81NO9P+. The van der Waals surface area contributed by atoms with Gasteiger partial charge in [-0.1, -0.05) is 153 Å². The number of hydrogen-bond acceptors (Lipinski definition) is 8. The van der Waals surface area contributed by atoms with Crippen LogP contribution in [0.1, 0.15) is 168 Å². The highest BCUT2D eigenvalue weighted by molar-refractivity contribution is 7.47. The van der Waals surface area contributed by atoms with Gasteiger partial charge in [0.2, 0.25) is 0 Å². The number of esters is 2. The normalized spacial score (nSPS) is 14.0. The molecule has 0 heterocycles. The van der Waals surface area contributed by atoms with Crippen molar-refractivity contribution < 1.29 is 46.8 Å².